The van der Waals surface area contributed by atoms with Gasteiger partial charge in [-0.15, -0.1) is 0 Å². The minimum Gasteiger partial charge on any atom is -0.366 e. The molecule has 0 radical (unpaired) electrons. The number of hydrogen-bond acceptors (Lipinski definition) is 5. The molecule has 7 heteroatoms. The first-order chi connectivity index (χ1) is 12.2. The molecule has 1 N–H and O–H groups in total. The molecular formula is C18H18ClN5O. The van der Waals surface area contributed by atoms with Gasteiger partial charge in [-0.3, -0.25) is 14.7 Å². The highest BCUT2D eigenvalue weighted by molar-refractivity contribution is 6.33. The number of hydrogen-bond donors (Lipinski definition) is 1. The van der Waals surface area contributed by atoms with Crippen LogP contribution in [0.4, 0.5) is 5.69 Å². The van der Waals surface area contributed by atoms with Gasteiger partial charge >= 0.3 is 0 Å². The van der Waals surface area contributed by atoms with Gasteiger partial charge in [0.2, 0.25) is 0 Å². The number of para-hydroxylation sites is 1. The maximum absolute atomic E-state index is 11.6. The lowest BCUT2D eigenvalue weighted by molar-refractivity contribution is 0.250. The molecule has 3 aromatic rings. The normalized spacial score (nSPS) is 15.6. The first kappa shape index (κ1) is 16.1. The van der Waals surface area contributed by atoms with Gasteiger partial charge in [0.25, 0.3) is 5.56 Å². The number of nitrogens with zero attached hydrogens (tertiary/aromatic N) is 4. The molecule has 6 nitrogen and oxygen atoms in total. The second kappa shape index (κ2) is 6.82. The van der Waals surface area contributed by atoms with Gasteiger partial charge in [0.15, 0.2) is 0 Å². The van der Waals surface area contributed by atoms with Crippen LogP contribution in [-0.4, -0.2) is 46.3 Å². The Morgan fingerprint density at radius 3 is 2.76 bits per heavy atom. The number of nitrogens with one attached hydrogen (secondary N) is 1. The van der Waals surface area contributed by atoms with Gasteiger partial charge < -0.3 is 4.90 Å². The number of fused-ring (bicyclic) bond motifs is 1. The van der Waals surface area contributed by atoms with Crippen LogP contribution < -0.4 is 10.5 Å². The van der Waals surface area contributed by atoms with Crippen molar-refractivity contribution in [2.24, 2.45) is 0 Å². The number of H-pyrrole nitrogens is 1. The summed E-state index contributed by atoms with van der Waals surface area (Å²) in [6.07, 6.45) is 3.46. The fourth-order valence-corrected chi connectivity index (χ4v) is 3.49. The van der Waals surface area contributed by atoms with Gasteiger partial charge in [0, 0.05) is 44.3 Å². The molecule has 1 fully saturated rings. The summed E-state index contributed by atoms with van der Waals surface area (Å²) < 4.78 is 0. The van der Waals surface area contributed by atoms with Crippen molar-refractivity contribution >= 4 is 28.2 Å². The molecule has 4 rings (SSSR count). The van der Waals surface area contributed by atoms with Gasteiger partial charge in [0.05, 0.1) is 17.4 Å². The summed E-state index contributed by atoms with van der Waals surface area (Å²) >= 11 is 6.11. The van der Waals surface area contributed by atoms with Crippen molar-refractivity contribution < 1.29 is 0 Å². The van der Waals surface area contributed by atoms with E-state index in [-0.39, 0.29) is 10.6 Å². The summed E-state index contributed by atoms with van der Waals surface area (Å²) in [5.74, 6) is 0. The molecule has 2 aromatic heterocycles. The van der Waals surface area contributed by atoms with Crippen LogP contribution in [0.3, 0.4) is 0 Å². The van der Waals surface area contributed by atoms with Gasteiger partial charge in [-0.25, -0.2) is 5.10 Å². The molecule has 0 unspecified atom stereocenters. The zero-order valence-corrected chi connectivity index (χ0v) is 14.4. The van der Waals surface area contributed by atoms with Gasteiger partial charge in [-0.1, -0.05) is 35.9 Å². The van der Waals surface area contributed by atoms with Crippen molar-refractivity contribution in [2.45, 2.75) is 6.54 Å². The number of benzene rings is 1. The molecule has 0 spiro atoms. The standard InChI is InChI=1S/C18H18ClN5O/c19-16-15(11-21-22-18(16)25)24-9-7-23(8-10-24)12-14-4-1-3-13-5-2-6-20-17(13)14/h1-6,11H,7-10,12H2,(H,22,25). The summed E-state index contributed by atoms with van der Waals surface area (Å²) in [5, 5.41) is 7.59. The molecule has 1 aliphatic heterocycles. The average Bonchev–Trinajstić information content (AvgIpc) is 2.65. The highest BCUT2D eigenvalue weighted by atomic mass is 35.5. The second-order valence-electron chi connectivity index (χ2n) is 6.15. The smallest absolute Gasteiger partial charge is 0.285 e. The lowest BCUT2D eigenvalue weighted by Crippen LogP contribution is -2.46. The van der Waals surface area contributed by atoms with Crippen LogP contribution in [0.25, 0.3) is 10.9 Å². The topological polar surface area (TPSA) is 65.1 Å². The minimum absolute atomic E-state index is 0.210. The molecule has 1 aromatic carbocycles. The monoisotopic (exact) mass is 355 g/mol. The third-order valence-electron chi connectivity index (χ3n) is 4.60. The van der Waals surface area contributed by atoms with E-state index in [1.165, 1.54) is 10.9 Å². The highest BCUT2D eigenvalue weighted by Crippen LogP contribution is 2.23. The third kappa shape index (κ3) is 3.23. The van der Waals surface area contributed by atoms with Gasteiger partial charge in [0.1, 0.15) is 5.02 Å². The van der Waals surface area contributed by atoms with Crippen molar-refractivity contribution in [1.82, 2.24) is 20.1 Å². The Morgan fingerprint density at radius 2 is 1.92 bits per heavy atom. The third-order valence-corrected chi connectivity index (χ3v) is 4.97. The van der Waals surface area contributed by atoms with Crippen molar-refractivity contribution in [3.8, 4) is 0 Å². The van der Waals surface area contributed by atoms with Crippen LogP contribution in [-0.2, 0) is 6.54 Å². The molecular weight excluding hydrogens is 338 g/mol. The molecule has 0 amide bonds. The predicted octanol–water partition coefficient (Wildman–Crippen LogP) is 2.29. The number of anilines is 1. The molecule has 25 heavy (non-hydrogen) atoms. The first-order valence-electron chi connectivity index (χ1n) is 8.25. The summed E-state index contributed by atoms with van der Waals surface area (Å²) in [7, 11) is 0. The number of halogens is 1. The van der Waals surface area contributed by atoms with E-state index in [4.69, 9.17) is 11.6 Å². The summed E-state index contributed by atoms with van der Waals surface area (Å²) in [4.78, 5) is 20.7. The fraction of sp³-hybridized carbons (Fsp3) is 0.278. The Morgan fingerprint density at radius 1 is 1.12 bits per heavy atom. The number of aromatic nitrogens is 3. The molecule has 1 aliphatic rings. The van der Waals surface area contributed by atoms with Crippen LogP contribution in [0, 0.1) is 0 Å². The molecule has 128 valence electrons. The van der Waals surface area contributed by atoms with Gasteiger partial charge in [-0.05, 0) is 11.6 Å². The van der Waals surface area contributed by atoms with Crippen LogP contribution in [0.5, 0.6) is 0 Å². The van der Waals surface area contributed by atoms with Crippen molar-refractivity contribution in [3.63, 3.8) is 0 Å². The molecule has 3 heterocycles. The number of aromatic amines is 1. The van der Waals surface area contributed by atoms with E-state index in [1.807, 2.05) is 12.3 Å². The summed E-state index contributed by atoms with van der Waals surface area (Å²) in [6, 6.07) is 10.4. The first-order valence-corrected chi connectivity index (χ1v) is 8.63. The molecule has 0 aliphatic carbocycles. The second-order valence-corrected chi connectivity index (χ2v) is 6.53. The zero-order valence-electron chi connectivity index (χ0n) is 13.7. The van der Waals surface area contributed by atoms with E-state index in [1.54, 1.807) is 6.20 Å². The predicted molar refractivity (Wildman–Crippen MR) is 99.1 cm³/mol. The van der Waals surface area contributed by atoms with Crippen LogP contribution in [0.1, 0.15) is 5.56 Å². The highest BCUT2D eigenvalue weighted by Gasteiger charge is 2.21. The Hall–Kier alpha value is -2.44. The van der Waals surface area contributed by atoms with Crippen LogP contribution in [0.2, 0.25) is 5.02 Å². The van der Waals surface area contributed by atoms with E-state index in [0.717, 1.165) is 38.2 Å². The van der Waals surface area contributed by atoms with E-state index < -0.39 is 0 Å². The number of pyridine rings is 1. The molecule has 1 saturated heterocycles. The van der Waals surface area contributed by atoms with E-state index in [0.29, 0.717) is 5.69 Å². The van der Waals surface area contributed by atoms with Crippen molar-refractivity contribution in [3.05, 3.63) is 63.7 Å². The maximum Gasteiger partial charge on any atom is 0.285 e. The Kier molecular flexibility index (Phi) is 4.38. The molecule has 0 saturated carbocycles. The lowest BCUT2D eigenvalue weighted by Gasteiger charge is -2.36. The Balaban J connectivity index is 1.47. The van der Waals surface area contributed by atoms with E-state index >= 15 is 0 Å². The van der Waals surface area contributed by atoms with Crippen LogP contribution in [0.15, 0.2) is 47.5 Å². The largest absolute Gasteiger partial charge is 0.366 e. The summed E-state index contributed by atoms with van der Waals surface area (Å²) in [5.41, 5.74) is 2.66. The van der Waals surface area contributed by atoms with E-state index in [9.17, 15) is 4.79 Å². The number of piperazine rings is 1. The zero-order chi connectivity index (χ0) is 17.2. The fourth-order valence-electron chi connectivity index (χ4n) is 3.28. The SMILES string of the molecule is O=c1[nH]ncc(N2CCN(Cc3cccc4cccnc34)CC2)c1Cl. The van der Waals surface area contributed by atoms with Crippen molar-refractivity contribution in [1.29, 1.82) is 0 Å². The number of rotatable bonds is 3. The molecule has 0 bridgehead atoms. The molecule has 0 atom stereocenters. The van der Waals surface area contributed by atoms with E-state index in [2.05, 4.69) is 49.2 Å². The Labute approximate surface area is 150 Å². The van der Waals surface area contributed by atoms with Crippen LogP contribution >= 0.6 is 11.6 Å². The quantitative estimate of drug-likeness (QED) is 0.781. The van der Waals surface area contributed by atoms with Gasteiger partial charge in [-0.2, -0.15) is 5.10 Å². The average molecular weight is 356 g/mol. The Bertz CT molecular complexity index is 944. The van der Waals surface area contributed by atoms with Crippen molar-refractivity contribution in [2.75, 3.05) is 31.1 Å². The summed E-state index contributed by atoms with van der Waals surface area (Å²) in [6.45, 7) is 4.27. The maximum atomic E-state index is 11.6. The lowest BCUT2D eigenvalue weighted by atomic mass is 10.1. The minimum atomic E-state index is -0.344.